The molecule has 2 aliphatic heterocycles. The first-order valence-corrected chi connectivity index (χ1v) is 14.1. The molecule has 226 valence electrons. The lowest BCUT2D eigenvalue weighted by atomic mass is 9.78. The van der Waals surface area contributed by atoms with Crippen LogP contribution in [0.5, 0.6) is 0 Å². The van der Waals surface area contributed by atoms with Gasteiger partial charge < -0.3 is 19.5 Å². The second-order valence-electron chi connectivity index (χ2n) is 11.2. The normalized spacial score (nSPS) is 27.0. The number of alkyl halides is 6. The zero-order valence-electron chi connectivity index (χ0n) is 22.6. The standard InChI is InChI=1S/C29H32BrF6NO4/c1-17(20-11-21(28(31,32)33)14-22(12-20)29(34,35)36)41-25-24(18-5-3-6-23(30)13-18)19(7-10-40-25)15-37-9-4-8-27(2,16-37)26(38)39/h3,5-6,11-14,17,19,24-25H,4,7-10,15-16H2,1-2H3,(H,38,39)/t17?,19-,24+,25-,27-/m1/s1. The molecule has 0 radical (unpaired) electrons. The highest BCUT2D eigenvalue weighted by atomic mass is 79.9. The molecule has 12 heteroatoms. The number of carbonyl (C=O) groups is 1. The van der Waals surface area contributed by atoms with Crippen molar-refractivity contribution in [2.24, 2.45) is 11.3 Å². The summed E-state index contributed by atoms with van der Waals surface area (Å²) in [7, 11) is 0. The van der Waals surface area contributed by atoms with Gasteiger partial charge in [0.2, 0.25) is 0 Å². The van der Waals surface area contributed by atoms with E-state index in [2.05, 4.69) is 20.8 Å². The lowest BCUT2D eigenvalue weighted by molar-refractivity contribution is -0.211. The second-order valence-corrected chi connectivity index (χ2v) is 12.1. The zero-order chi connectivity index (χ0) is 30.2. The Balaban J connectivity index is 1.64. The molecule has 2 fully saturated rings. The van der Waals surface area contributed by atoms with Crippen molar-refractivity contribution in [2.45, 2.75) is 63.8 Å². The van der Waals surface area contributed by atoms with Crippen molar-refractivity contribution < 1.29 is 45.7 Å². The fourth-order valence-electron chi connectivity index (χ4n) is 5.81. The van der Waals surface area contributed by atoms with Crippen LogP contribution in [0.1, 0.15) is 67.4 Å². The molecule has 2 heterocycles. The largest absolute Gasteiger partial charge is 0.481 e. The molecule has 4 rings (SSSR count). The van der Waals surface area contributed by atoms with E-state index >= 15 is 0 Å². The van der Waals surface area contributed by atoms with Gasteiger partial charge in [-0.15, -0.1) is 0 Å². The maximum Gasteiger partial charge on any atom is 0.416 e. The fraction of sp³-hybridized carbons (Fsp3) is 0.552. The van der Waals surface area contributed by atoms with Gasteiger partial charge in [-0.25, -0.2) is 0 Å². The highest BCUT2D eigenvalue weighted by Gasteiger charge is 2.43. The minimum atomic E-state index is -4.97. The molecular formula is C29H32BrF6NO4. The molecule has 2 saturated heterocycles. The fourth-order valence-corrected chi connectivity index (χ4v) is 6.23. The number of halogens is 7. The molecule has 0 aromatic heterocycles. The van der Waals surface area contributed by atoms with E-state index in [4.69, 9.17) is 9.47 Å². The van der Waals surface area contributed by atoms with Gasteiger partial charge in [-0.2, -0.15) is 26.3 Å². The summed E-state index contributed by atoms with van der Waals surface area (Å²) in [5.74, 6) is -1.33. The Hall–Kier alpha value is -2.15. The summed E-state index contributed by atoms with van der Waals surface area (Å²) in [5, 5.41) is 9.76. The van der Waals surface area contributed by atoms with Gasteiger partial charge in [0.25, 0.3) is 0 Å². The van der Waals surface area contributed by atoms with E-state index in [9.17, 15) is 36.2 Å². The highest BCUT2D eigenvalue weighted by Crippen LogP contribution is 2.43. The van der Waals surface area contributed by atoms with E-state index in [-0.39, 0.29) is 24.2 Å². The number of likely N-dealkylation sites (tertiary alicyclic amines) is 1. The molecule has 0 amide bonds. The molecule has 1 N–H and O–H groups in total. The quantitative estimate of drug-likeness (QED) is 0.309. The first-order valence-electron chi connectivity index (χ1n) is 13.3. The summed E-state index contributed by atoms with van der Waals surface area (Å²) < 4.78 is 93.8. The minimum Gasteiger partial charge on any atom is -0.481 e. The van der Waals surface area contributed by atoms with Gasteiger partial charge >= 0.3 is 18.3 Å². The molecule has 1 unspecified atom stereocenters. The Bertz CT molecular complexity index is 1210. The molecule has 5 atom stereocenters. The Kier molecular flexibility index (Phi) is 9.47. The molecule has 41 heavy (non-hydrogen) atoms. The monoisotopic (exact) mass is 651 g/mol. The summed E-state index contributed by atoms with van der Waals surface area (Å²) in [5.41, 5.74) is -3.12. The van der Waals surface area contributed by atoms with Crippen LogP contribution in [-0.2, 0) is 26.6 Å². The molecular weight excluding hydrogens is 620 g/mol. The number of carboxylic acids is 1. The van der Waals surface area contributed by atoms with Gasteiger partial charge in [0.15, 0.2) is 6.29 Å². The summed E-state index contributed by atoms with van der Waals surface area (Å²) >= 11 is 3.47. The van der Waals surface area contributed by atoms with Gasteiger partial charge in [-0.3, -0.25) is 4.79 Å². The molecule has 0 bridgehead atoms. The number of carboxylic acid groups (broad SMARTS) is 1. The number of benzene rings is 2. The van der Waals surface area contributed by atoms with Crippen molar-refractivity contribution in [3.8, 4) is 0 Å². The third kappa shape index (κ3) is 7.63. The Morgan fingerprint density at radius 2 is 1.80 bits per heavy atom. The average Bonchev–Trinajstić information content (AvgIpc) is 2.87. The molecule has 0 aliphatic carbocycles. The zero-order valence-corrected chi connectivity index (χ0v) is 24.2. The summed E-state index contributed by atoms with van der Waals surface area (Å²) in [4.78, 5) is 14.0. The third-order valence-corrected chi connectivity index (χ3v) is 8.50. The summed E-state index contributed by atoms with van der Waals surface area (Å²) in [6.45, 7) is 5.04. The van der Waals surface area contributed by atoms with E-state index in [0.717, 1.165) is 23.0 Å². The maximum atomic E-state index is 13.5. The SMILES string of the molecule is CC(O[C@H]1OCC[C@H](CN2CCC[C@@](C)(C(=O)O)C2)[C@@H]1c1cccc(Br)c1)c1cc(C(F)(F)F)cc(C(F)(F)F)c1. The summed E-state index contributed by atoms with van der Waals surface area (Å²) in [6, 6.07) is 8.88. The van der Waals surface area contributed by atoms with Crippen molar-refractivity contribution in [1.29, 1.82) is 0 Å². The van der Waals surface area contributed by atoms with Crippen LogP contribution in [0.4, 0.5) is 26.3 Å². The van der Waals surface area contributed by atoms with Crippen LogP contribution in [0.2, 0.25) is 0 Å². The van der Waals surface area contributed by atoms with Crippen LogP contribution in [0.25, 0.3) is 0 Å². The van der Waals surface area contributed by atoms with Crippen LogP contribution < -0.4 is 0 Å². The van der Waals surface area contributed by atoms with E-state index in [1.165, 1.54) is 6.92 Å². The Morgan fingerprint density at radius 3 is 2.39 bits per heavy atom. The summed E-state index contributed by atoms with van der Waals surface area (Å²) in [6.07, 6.45) is -10.1. The van der Waals surface area contributed by atoms with E-state index in [1.807, 2.05) is 24.3 Å². The number of hydrogen-bond donors (Lipinski definition) is 1. The molecule has 0 saturated carbocycles. The molecule has 2 aromatic carbocycles. The second kappa shape index (κ2) is 12.2. The minimum absolute atomic E-state index is 0.0707. The van der Waals surface area contributed by atoms with Gasteiger partial charge in [-0.05, 0) is 87.0 Å². The number of piperidine rings is 1. The van der Waals surface area contributed by atoms with Gasteiger partial charge in [0, 0.05) is 23.5 Å². The third-order valence-electron chi connectivity index (χ3n) is 8.01. The van der Waals surface area contributed by atoms with Crippen molar-refractivity contribution in [2.75, 3.05) is 26.2 Å². The lowest BCUT2D eigenvalue weighted by Crippen LogP contribution is -2.49. The van der Waals surface area contributed by atoms with Crippen molar-refractivity contribution >= 4 is 21.9 Å². The van der Waals surface area contributed by atoms with Crippen molar-refractivity contribution in [3.05, 3.63) is 69.2 Å². The number of hydrogen-bond acceptors (Lipinski definition) is 4. The topological polar surface area (TPSA) is 59.0 Å². The molecule has 0 spiro atoms. The first kappa shape index (κ1) is 31.8. The van der Waals surface area contributed by atoms with Crippen LogP contribution in [0.3, 0.4) is 0 Å². The predicted molar refractivity (Wildman–Crippen MR) is 142 cm³/mol. The van der Waals surface area contributed by atoms with Crippen molar-refractivity contribution in [3.63, 3.8) is 0 Å². The van der Waals surface area contributed by atoms with Gasteiger partial charge in [0.05, 0.1) is 29.3 Å². The number of aliphatic carboxylic acids is 1. The maximum absolute atomic E-state index is 13.5. The van der Waals surface area contributed by atoms with Gasteiger partial charge in [-0.1, -0.05) is 28.1 Å². The van der Waals surface area contributed by atoms with Crippen LogP contribution in [-0.4, -0.2) is 48.5 Å². The van der Waals surface area contributed by atoms with Gasteiger partial charge in [0.1, 0.15) is 0 Å². The Labute approximate surface area is 242 Å². The lowest BCUT2D eigenvalue weighted by Gasteiger charge is -2.44. The highest BCUT2D eigenvalue weighted by molar-refractivity contribution is 9.10. The van der Waals surface area contributed by atoms with E-state index < -0.39 is 53.2 Å². The van der Waals surface area contributed by atoms with E-state index in [1.54, 1.807) is 6.92 Å². The van der Waals surface area contributed by atoms with Crippen LogP contribution >= 0.6 is 15.9 Å². The smallest absolute Gasteiger partial charge is 0.416 e. The number of ether oxygens (including phenoxy) is 2. The predicted octanol–water partition coefficient (Wildman–Crippen LogP) is 7.90. The Morgan fingerprint density at radius 1 is 1.15 bits per heavy atom. The van der Waals surface area contributed by atoms with E-state index in [0.29, 0.717) is 38.1 Å². The van der Waals surface area contributed by atoms with Crippen LogP contribution in [0.15, 0.2) is 46.9 Å². The molecule has 2 aliphatic rings. The average molecular weight is 652 g/mol. The molecule has 2 aromatic rings. The first-order chi connectivity index (χ1) is 19.1. The van der Waals surface area contributed by atoms with Crippen molar-refractivity contribution in [1.82, 2.24) is 4.90 Å². The molecule has 5 nitrogen and oxygen atoms in total. The number of nitrogens with zero attached hydrogens (tertiary/aromatic N) is 1. The number of rotatable bonds is 7. The van der Waals surface area contributed by atoms with Crippen LogP contribution in [0, 0.1) is 11.3 Å².